The smallest absolute Gasteiger partial charge is 0.0659 e. The summed E-state index contributed by atoms with van der Waals surface area (Å²) in [7, 11) is 0. The SMILES string of the molecule is C[C@H](Cc1ccc(Cl)cc1)N[C@H](C)C12C[C@@H]3C[C@@H](CC(O)(C3)C1)C2. The lowest BCUT2D eigenvalue weighted by Crippen LogP contribution is -2.62. The van der Waals surface area contributed by atoms with Crippen LogP contribution >= 0.6 is 11.6 Å². The molecule has 2 N–H and O–H groups in total. The zero-order chi connectivity index (χ0) is 16.9. The van der Waals surface area contributed by atoms with Crippen molar-refractivity contribution in [1.29, 1.82) is 0 Å². The van der Waals surface area contributed by atoms with Crippen molar-refractivity contribution in [2.45, 2.75) is 76.5 Å². The van der Waals surface area contributed by atoms with Crippen molar-refractivity contribution in [3.8, 4) is 0 Å². The molecule has 1 aromatic carbocycles. The fourth-order valence-electron chi connectivity index (χ4n) is 6.43. The summed E-state index contributed by atoms with van der Waals surface area (Å²) >= 11 is 5.98. The molecule has 4 bridgehead atoms. The molecule has 5 rings (SSSR count). The van der Waals surface area contributed by atoms with E-state index >= 15 is 0 Å². The molecular formula is C21H30ClNO. The van der Waals surface area contributed by atoms with Gasteiger partial charge in [-0.3, -0.25) is 0 Å². The molecule has 4 fully saturated rings. The van der Waals surface area contributed by atoms with Crippen molar-refractivity contribution in [1.82, 2.24) is 5.32 Å². The van der Waals surface area contributed by atoms with Crippen LogP contribution in [0, 0.1) is 17.3 Å². The molecule has 2 unspecified atom stereocenters. The third-order valence-electron chi connectivity index (χ3n) is 6.98. The predicted octanol–water partition coefficient (Wildman–Crippen LogP) is 4.58. The van der Waals surface area contributed by atoms with E-state index in [1.165, 1.54) is 24.8 Å². The van der Waals surface area contributed by atoms with Gasteiger partial charge in [-0.25, -0.2) is 0 Å². The highest BCUT2D eigenvalue weighted by atomic mass is 35.5. The minimum Gasteiger partial charge on any atom is -0.390 e. The van der Waals surface area contributed by atoms with Crippen LogP contribution in [-0.2, 0) is 6.42 Å². The van der Waals surface area contributed by atoms with Crippen molar-refractivity contribution in [2.24, 2.45) is 17.3 Å². The highest BCUT2D eigenvalue weighted by Crippen LogP contribution is 2.62. The molecule has 0 amide bonds. The molecule has 2 nitrogen and oxygen atoms in total. The van der Waals surface area contributed by atoms with E-state index in [1.807, 2.05) is 12.1 Å². The Morgan fingerprint density at radius 3 is 2.33 bits per heavy atom. The van der Waals surface area contributed by atoms with E-state index < -0.39 is 0 Å². The highest BCUT2D eigenvalue weighted by molar-refractivity contribution is 6.30. The maximum absolute atomic E-state index is 11.0. The first-order valence-corrected chi connectivity index (χ1v) is 9.97. The highest BCUT2D eigenvalue weighted by Gasteiger charge is 2.58. The van der Waals surface area contributed by atoms with Crippen LogP contribution in [0.15, 0.2) is 24.3 Å². The summed E-state index contributed by atoms with van der Waals surface area (Å²) in [5, 5.41) is 15.6. The number of rotatable bonds is 5. The molecule has 4 aliphatic rings. The summed E-state index contributed by atoms with van der Waals surface area (Å²) in [6.45, 7) is 4.63. The minimum absolute atomic E-state index is 0.313. The molecule has 4 aliphatic carbocycles. The van der Waals surface area contributed by atoms with Crippen molar-refractivity contribution < 1.29 is 5.11 Å². The molecular weight excluding hydrogens is 318 g/mol. The monoisotopic (exact) mass is 347 g/mol. The Labute approximate surface area is 151 Å². The van der Waals surface area contributed by atoms with Gasteiger partial charge >= 0.3 is 0 Å². The standard InChI is InChI=1S/C21H30ClNO/c1-14(7-16-3-5-19(22)6-4-16)23-15(2)20-9-17-8-18(10-20)12-21(24,11-17)13-20/h3-6,14-15,17-18,23-24H,7-13H2,1-2H3/t14-,15-,17-,18+,20?,21?/m1/s1. The summed E-state index contributed by atoms with van der Waals surface area (Å²) in [5.74, 6) is 1.51. The van der Waals surface area contributed by atoms with Gasteiger partial charge in [0, 0.05) is 17.1 Å². The quantitative estimate of drug-likeness (QED) is 0.817. The first-order chi connectivity index (χ1) is 11.4. The molecule has 0 aliphatic heterocycles. The molecule has 4 saturated carbocycles. The molecule has 24 heavy (non-hydrogen) atoms. The van der Waals surface area contributed by atoms with E-state index in [0.717, 1.165) is 42.5 Å². The van der Waals surface area contributed by atoms with Crippen molar-refractivity contribution >= 4 is 11.6 Å². The fraction of sp³-hybridized carbons (Fsp3) is 0.714. The van der Waals surface area contributed by atoms with Crippen LogP contribution < -0.4 is 5.32 Å². The van der Waals surface area contributed by atoms with Crippen molar-refractivity contribution in [2.75, 3.05) is 0 Å². The Morgan fingerprint density at radius 2 is 1.75 bits per heavy atom. The Bertz CT molecular complexity index is 584. The van der Waals surface area contributed by atoms with Crippen LogP contribution in [0.1, 0.15) is 57.9 Å². The first-order valence-electron chi connectivity index (χ1n) is 9.59. The van der Waals surface area contributed by atoms with Gasteiger partial charge in [0.15, 0.2) is 0 Å². The van der Waals surface area contributed by atoms with Crippen LogP contribution in [0.2, 0.25) is 5.02 Å². The number of benzene rings is 1. The van der Waals surface area contributed by atoms with Gasteiger partial charge in [-0.2, -0.15) is 0 Å². The number of hydrogen-bond donors (Lipinski definition) is 2. The van der Waals surface area contributed by atoms with E-state index in [2.05, 4.69) is 31.3 Å². The van der Waals surface area contributed by atoms with Crippen LogP contribution in [-0.4, -0.2) is 22.8 Å². The second kappa shape index (κ2) is 6.00. The van der Waals surface area contributed by atoms with Gasteiger partial charge in [0.05, 0.1) is 5.60 Å². The Kier molecular flexibility index (Phi) is 4.22. The topological polar surface area (TPSA) is 32.3 Å². The van der Waals surface area contributed by atoms with Gasteiger partial charge in [0.2, 0.25) is 0 Å². The van der Waals surface area contributed by atoms with E-state index in [-0.39, 0.29) is 5.60 Å². The van der Waals surface area contributed by atoms with Crippen LogP contribution in [0.3, 0.4) is 0 Å². The maximum atomic E-state index is 11.0. The largest absolute Gasteiger partial charge is 0.390 e. The normalized spacial score (nSPS) is 39.8. The van der Waals surface area contributed by atoms with Crippen LogP contribution in [0.4, 0.5) is 0 Å². The third-order valence-corrected chi connectivity index (χ3v) is 7.24. The second-order valence-electron chi connectivity index (χ2n) is 9.17. The minimum atomic E-state index is -0.362. The van der Waals surface area contributed by atoms with Crippen LogP contribution in [0.25, 0.3) is 0 Å². The molecule has 6 atom stereocenters. The van der Waals surface area contributed by atoms with E-state index in [0.29, 0.717) is 17.5 Å². The summed E-state index contributed by atoms with van der Waals surface area (Å²) in [4.78, 5) is 0. The molecule has 0 saturated heterocycles. The average molecular weight is 348 g/mol. The fourth-order valence-corrected chi connectivity index (χ4v) is 6.55. The summed E-state index contributed by atoms with van der Waals surface area (Å²) < 4.78 is 0. The summed E-state index contributed by atoms with van der Waals surface area (Å²) in [5.41, 5.74) is 1.28. The second-order valence-corrected chi connectivity index (χ2v) is 9.60. The number of halogens is 1. The summed E-state index contributed by atoms with van der Waals surface area (Å²) in [6.07, 6.45) is 8.12. The predicted molar refractivity (Wildman–Crippen MR) is 99.3 cm³/mol. The molecule has 132 valence electrons. The van der Waals surface area contributed by atoms with E-state index in [9.17, 15) is 5.11 Å². The van der Waals surface area contributed by atoms with Gasteiger partial charge in [0.25, 0.3) is 0 Å². The molecule has 0 radical (unpaired) electrons. The van der Waals surface area contributed by atoms with Gasteiger partial charge in [-0.1, -0.05) is 23.7 Å². The maximum Gasteiger partial charge on any atom is 0.0659 e. The average Bonchev–Trinajstić information content (AvgIpc) is 2.47. The number of hydrogen-bond acceptors (Lipinski definition) is 2. The first kappa shape index (κ1) is 16.9. The van der Waals surface area contributed by atoms with Gasteiger partial charge < -0.3 is 10.4 Å². The van der Waals surface area contributed by atoms with E-state index in [4.69, 9.17) is 11.6 Å². The number of nitrogens with one attached hydrogen (secondary N) is 1. The molecule has 0 heterocycles. The van der Waals surface area contributed by atoms with E-state index in [1.54, 1.807) is 0 Å². The molecule has 3 heteroatoms. The molecule has 1 aromatic rings. The van der Waals surface area contributed by atoms with Crippen molar-refractivity contribution in [3.05, 3.63) is 34.9 Å². The molecule has 0 aromatic heterocycles. The molecule has 0 spiro atoms. The van der Waals surface area contributed by atoms with Crippen LogP contribution in [0.5, 0.6) is 0 Å². The Hall–Kier alpha value is -0.570. The number of aliphatic hydroxyl groups is 1. The summed E-state index contributed by atoms with van der Waals surface area (Å²) in [6, 6.07) is 9.10. The zero-order valence-corrected chi connectivity index (χ0v) is 15.6. The van der Waals surface area contributed by atoms with Gasteiger partial charge in [-0.15, -0.1) is 0 Å². The van der Waals surface area contributed by atoms with Gasteiger partial charge in [0.1, 0.15) is 0 Å². The Morgan fingerprint density at radius 1 is 1.12 bits per heavy atom. The lowest BCUT2D eigenvalue weighted by atomic mass is 9.46. The zero-order valence-electron chi connectivity index (χ0n) is 14.9. The van der Waals surface area contributed by atoms with Gasteiger partial charge in [-0.05, 0) is 93.7 Å². The Balaban J connectivity index is 1.42. The lowest BCUT2D eigenvalue weighted by molar-refractivity contribution is -0.172. The van der Waals surface area contributed by atoms with Crippen molar-refractivity contribution in [3.63, 3.8) is 0 Å². The lowest BCUT2D eigenvalue weighted by Gasteiger charge is -2.62. The third kappa shape index (κ3) is 3.13.